The second kappa shape index (κ2) is 7.35. The highest BCUT2D eigenvalue weighted by molar-refractivity contribution is 9.10. The summed E-state index contributed by atoms with van der Waals surface area (Å²) in [5.41, 5.74) is 7.67. The maximum absolute atomic E-state index is 12.0. The molecule has 144 valence electrons. The molecule has 2 heterocycles. The molecule has 0 aromatic heterocycles. The Morgan fingerprint density at radius 3 is 2.75 bits per heavy atom. The van der Waals surface area contributed by atoms with E-state index >= 15 is 0 Å². The number of hydrogen-bond acceptors (Lipinski definition) is 5. The second-order valence-electron chi connectivity index (χ2n) is 6.22. The Morgan fingerprint density at radius 2 is 2.07 bits per heavy atom. The Morgan fingerprint density at radius 1 is 1.29 bits per heavy atom. The van der Waals surface area contributed by atoms with Crippen molar-refractivity contribution in [1.29, 1.82) is 0 Å². The van der Waals surface area contributed by atoms with Crippen LogP contribution >= 0.6 is 39.3 Å². The molecule has 2 aromatic rings. The normalized spacial score (nSPS) is 18.2. The van der Waals surface area contributed by atoms with Crippen LogP contribution in [0.2, 0.25) is 5.02 Å². The summed E-state index contributed by atoms with van der Waals surface area (Å²) in [6, 6.07) is 10.4. The van der Waals surface area contributed by atoms with Gasteiger partial charge in [-0.1, -0.05) is 39.3 Å². The van der Waals surface area contributed by atoms with Crippen LogP contribution in [0, 0.1) is 0 Å². The van der Waals surface area contributed by atoms with Crippen molar-refractivity contribution < 1.29 is 19.4 Å². The van der Waals surface area contributed by atoms with Gasteiger partial charge in [0, 0.05) is 27.0 Å². The van der Waals surface area contributed by atoms with Crippen molar-refractivity contribution in [3.63, 3.8) is 0 Å². The number of amides is 1. The van der Waals surface area contributed by atoms with Gasteiger partial charge in [0.25, 0.3) is 0 Å². The van der Waals surface area contributed by atoms with Crippen LogP contribution < -0.4 is 15.4 Å². The number of primary amides is 1. The van der Waals surface area contributed by atoms with Gasteiger partial charge in [0.15, 0.2) is 5.37 Å². The largest absolute Gasteiger partial charge is 0.492 e. The third-order valence-corrected chi connectivity index (χ3v) is 6.61. The van der Waals surface area contributed by atoms with Crippen LogP contribution in [0.1, 0.15) is 22.3 Å². The number of rotatable bonds is 3. The molecule has 0 bridgehead atoms. The molecule has 6 nitrogen and oxygen atoms in total. The molecule has 0 spiro atoms. The van der Waals surface area contributed by atoms with Crippen molar-refractivity contribution in [1.82, 2.24) is 0 Å². The molecule has 1 amide bonds. The number of carboxylic acid groups (broad SMARTS) is 1. The summed E-state index contributed by atoms with van der Waals surface area (Å²) in [6.45, 7) is 0.455. The zero-order valence-corrected chi connectivity index (χ0v) is 17.5. The number of benzene rings is 2. The molecule has 9 heteroatoms. The summed E-state index contributed by atoms with van der Waals surface area (Å²) < 4.78 is 6.74. The van der Waals surface area contributed by atoms with Gasteiger partial charge < -0.3 is 20.5 Å². The number of carbonyl (C=O) groups is 2. The fourth-order valence-corrected chi connectivity index (χ4v) is 5.13. The lowest BCUT2D eigenvalue weighted by molar-refractivity contribution is -0.136. The predicted molar refractivity (Wildman–Crippen MR) is 113 cm³/mol. The van der Waals surface area contributed by atoms with Gasteiger partial charge >= 0.3 is 5.97 Å². The zero-order valence-electron chi connectivity index (χ0n) is 14.3. The predicted octanol–water partition coefficient (Wildman–Crippen LogP) is 4.32. The number of carboxylic acids is 1. The Kier molecular flexibility index (Phi) is 5.03. The average Bonchev–Trinajstić information content (AvgIpc) is 2.92. The van der Waals surface area contributed by atoms with E-state index < -0.39 is 17.3 Å². The Labute approximate surface area is 178 Å². The highest BCUT2D eigenvalue weighted by Gasteiger charge is 2.41. The molecule has 1 atom stereocenters. The maximum Gasteiger partial charge on any atom is 0.337 e. The quantitative estimate of drug-likeness (QED) is 0.678. The number of carbonyl (C=O) groups excluding carboxylic acids is 1. The topological polar surface area (TPSA) is 92.9 Å². The van der Waals surface area contributed by atoms with Crippen LogP contribution in [-0.4, -0.2) is 29.0 Å². The van der Waals surface area contributed by atoms with Crippen molar-refractivity contribution >= 4 is 62.6 Å². The third-order valence-electron chi connectivity index (χ3n) is 4.49. The molecule has 2 aromatic carbocycles. The van der Waals surface area contributed by atoms with Crippen LogP contribution in [0.25, 0.3) is 5.70 Å². The fraction of sp³-hybridized carbons (Fsp3) is 0.158. The van der Waals surface area contributed by atoms with E-state index in [1.54, 1.807) is 17.0 Å². The van der Waals surface area contributed by atoms with Gasteiger partial charge in [0.1, 0.15) is 5.75 Å². The van der Waals surface area contributed by atoms with Gasteiger partial charge in [-0.05, 0) is 36.4 Å². The first-order valence-corrected chi connectivity index (χ1v) is 10.4. The Hall–Kier alpha value is -2.16. The molecule has 1 unspecified atom stereocenters. The molecular weight excluding hydrogens is 468 g/mol. The van der Waals surface area contributed by atoms with E-state index in [1.165, 1.54) is 17.8 Å². The molecule has 0 saturated heterocycles. The van der Waals surface area contributed by atoms with Gasteiger partial charge in [-0.15, -0.1) is 0 Å². The summed E-state index contributed by atoms with van der Waals surface area (Å²) in [7, 11) is 0. The Bertz CT molecular complexity index is 1040. The van der Waals surface area contributed by atoms with Crippen LogP contribution in [0.3, 0.4) is 0 Å². The molecule has 28 heavy (non-hydrogen) atoms. The first-order chi connectivity index (χ1) is 13.4. The van der Waals surface area contributed by atoms with Gasteiger partial charge in [-0.2, -0.15) is 0 Å². The molecule has 0 fully saturated rings. The minimum atomic E-state index is -0.965. The van der Waals surface area contributed by atoms with E-state index in [-0.39, 0.29) is 10.6 Å². The zero-order chi connectivity index (χ0) is 20.0. The maximum atomic E-state index is 12.0. The summed E-state index contributed by atoms with van der Waals surface area (Å²) in [5, 5.41) is 9.15. The van der Waals surface area contributed by atoms with Crippen LogP contribution in [0.4, 0.5) is 5.69 Å². The van der Waals surface area contributed by atoms with Gasteiger partial charge in [0.2, 0.25) is 5.91 Å². The van der Waals surface area contributed by atoms with Crippen molar-refractivity contribution in [2.75, 3.05) is 11.5 Å². The lowest BCUT2D eigenvalue weighted by Gasteiger charge is -2.27. The summed E-state index contributed by atoms with van der Waals surface area (Å²) in [4.78, 5) is 26.2. The van der Waals surface area contributed by atoms with Crippen LogP contribution in [0.5, 0.6) is 5.75 Å². The van der Waals surface area contributed by atoms with Crippen molar-refractivity contribution in [3.05, 3.63) is 61.9 Å². The van der Waals surface area contributed by atoms with Gasteiger partial charge in [-0.25, -0.2) is 4.79 Å². The van der Waals surface area contributed by atoms with Crippen molar-refractivity contribution in [3.8, 4) is 5.75 Å². The number of ether oxygens (including phenoxy) is 1. The number of aliphatic carboxylic acids is 1. The molecule has 0 aliphatic carbocycles. The van der Waals surface area contributed by atoms with E-state index in [9.17, 15) is 14.7 Å². The van der Waals surface area contributed by atoms with E-state index in [4.69, 9.17) is 22.1 Å². The van der Waals surface area contributed by atoms with E-state index in [0.717, 1.165) is 20.6 Å². The third kappa shape index (κ3) is 3.25. The number of halogens is 2. The van der Waals surface area contributed by atoms with Crippen LogP contribution in [-0.2, 0) is 4.79 Å². The molecule has 0 radical (unpaired) electrons. The minimum absolute atomic E-state index is 0.175. The molecule has 4 rings (SSSR count). The number of fused-ring (bicyclic) bond motifs is 2. The lowest BCUT2D eigenvalue weighted by Crippen LogP contribution is -2.34. The number of anilines is 1. The molecular formula is C19H14BrClN2O4S. The van der Waals surface area contributed by atoms with Gasteiger partial charge in [-0.3, -0.25) is 4.79 Å². The molecule has 2 aliphatic heterocycles. The monoisotopic (exact) mass is 480 g/mol. The van der Waals surface area contributed by atoms with Crippen molar-refractivity contribution in [2.24, 2.45) is 5.73 Å². The second-order valence-corrected chi connectivity index (χ2v) is 8.72. The SMILES string of the molecule is NC(=O)c1ccc(N2C3=C(CCOc4cc(Br)ccc43)SC2C(=O)O)cc1Cl. The standard InChI is InChI=1S/C19H14BrClN2O4S/c20-9-1-3-12-14(7-9)27-6-5-15-16(12)23(18(28-15)19(25)26)10-2-4-11(17(22)24)13(21)8-10/h1-4,7-8,18H,5-6H2,(H2,22,24)(H,25,26). The summed E-state index contributed by atoms with van der Waals surface area (Å²) >= 11 is 11.0. The first kappa shape index (κ1) is 19.2. The molecule has 3 N–H and O–H groups in total. The first-order valence-electron chi connectivity index (χ1n) is 8.30. The number of thioether (sulfide) groups is 1. The number of nitrogens with zero attached hydrogens (tertiary/aromatic N) is 1. The highest BCUT2D eigenvalue weighted by Crippen LogP contribution is 2.50. The minimum Gasteiger partial charge on any atom is -0.492 e. The van der Waals surface area contributed by atoms with E-state index in [2.05, 4.69) is 15.9 Å². The lowest BCUT2D eigenvalue weighted by atomic mass is 10.1. The van der Waals surface area contributed by atoms with E-state index in [1.807, 2.05) is 18.2 Å². The highest BCUT2D eigenvalue weighted by atomic mass is 79.9. The summed E-state index contributed by atoms with van der Waals surface area (Å²) in [6.07, 6.45) is 0.597. The number of hydrogen-bond donors (Lipinski definition) is 2. The average molecular weight is 482 g/mol. The fourth-order valence-electron chi connectivity index (χ4n) is 3.30. The summed E-state index contributed by atoms with van der Waals surface area (Å²) in [5.74, 6) is -0.927. The number of nitrogens with two attached hydrogens (primary N) is 1. The van der Waals surface area contributed by atoms with Crippen LogP contribution in [0.15, 0.2) is 45.8 Å². The molecule has 0 saturated carbocycles. The smallest absolute Gasteiger partial charge is 0.337 e. The van der Waals surface area contributed by atoms with Crippen molar-refractivity contribution in [2.45, 2.75) is 11.8 Å². The van der Waals surface area contributed by atoms with Gasteiger partial charge in [0.05, 0.1) is 22.9 Å². The Balaban J connectivity index is 1.89. The van der Waals surface area contributed by atoms with E-state index in [0.29, 0.717) is 24.5 Å². The molecule has 2 aliphatic rings.